The minimum absolute atomic E-state index is 0.0416. The van der Waals surface area contributed by atoms with Gasteiger partial charge in [-0.3, -0.25) is 9.78 Å². The third-order valence-corrected chi connectivity index (χ3v) is 3.15. The van der Waals surface area contributed by atoms with Gasteiger partial charge < -0.3 is 5.32 Å². The van der Waals surface area contributed by atoms with E-state index in [1.807, 2.05) is 36.6 Å². The Balaban J connectivity index is 1.98. The maximum atomic E-state index is 11.7. The fraction of sp³-hybridized carbons (Fsp3) is 0.167. The number of hydrogen-bond donors (Lipinski definition) is 1. The van der Waals surface area contributed by atoms with Crippen molar-refractivity contribution in [2.75, 3.05) is 0 Å². The molecule has 4 heteroatoms. The van der Waals surface area contributed by atoms with Crippen molar-refractivity contribution in [2.24, 2.45) is 0 Å². The van der Waals surface area contributed by atoms with Gasteiger partial charge in [0.2, 0.25) is 0 Å². The molecule has 0 radical (unpaired) electrons. The van der Waals surface area contributed by atoms with Crippen LogP contribution in [0.25, 0.3) is 0 Å². The summed E-state index contributed by atoms with van der Waals surface area (Å²) in [5.74, 6) is -0.0416. The molecule has 0 bridgehead atoms. The molecule has 0 saturated heterocycles. The molecule has 0 aliphatic heterocycles. The molecule has 0 fully saturated rings. The van der Waals surface area contributed by atoms with Gasteiger partial charge in [0.1, 0.15) is 0 Å². The molecule has 1 amide bonds. The summed E-state index contributed by atoms with van der Waals surface area (Å²) in [5, 5.41) is 4.74. The molecule has 2 aromatic rings. The smallest absolute Gasteiger partial charge is 0.261 e. The number of nitrogens with one attached hydrogen (secondary N) is 1. The van der Waals surface area contributed by atoms with Gasteiger partial charge in [-0.2, -0.15) is 0 Å². The van der Waals surface area contributed by atoms with E-state index in [9.17, 15) is 4.79 Å². The molecule has 0 unspecified atom stereocenters. The van der Waals surface area contributed by atoms with E-state index in [2.05, 4.69) is 10.3 Å². The van der Waals surface area contributed by atoms with Crippen LogP contribution < -0.4 is 5.32 Å². The first-order chi connectivity index (χ1) is 7.77. The van der Waals surface area contributed by atoms with Crippen molar-refractivity contribution >= 4 is 17.2 Å². The van der Waals surface area contributed by atoms with Crippen LogP contribution in [0.3, 0.4) is 0 Å². The van der Waals surface area contributed by atoms with Crippen molar-refractivity contribution in [3.05, 3.63) is 52.0 Å². The Morgan fingerprint density at radius 3 is 3.00 bits per heavy atom. The highest BCUT2D eigenvalue weighted by atomic mass is 32.1. The number of pyridine rings is 1. The van der Waals surface area contributed by atoms with E-state index >= 15 is 0 Å². The van der Waals surface area contributed by atoms with Gasteiger partial charge in [0.15, 0.2) is 0 Å². The van der Waals surface area contributed by atoms with Gasteiger partial charge >= 0.3 is 0 Å². The third kappa shape index (κ3) is 2.46. The lowest BCUT2D eigenvalue weighted by Crippen LogP contribution is -2.22. The molecular weight excluding hydrogens is 220 g/mol. The second-order valence-corrected chi connectivity index (χ2v) is 4.37. The van der Waals surface area contributed by atoms with Gasteiger partial charge in [-0.25, -0.2) is 0 Å². The summed E-state index contributed by atoms with van der Waals surface area (Å²) in [5.41, 5.74) is 2.00. The molecule has 3 nitrogen and oxygen atoms in total. The van der Waals surface area contributed by atoms with Gasteiger partial charge in [-0.15, -0.1) is 11.3 Å². The first-order valence-electron chi connectivity index (χ1n) is 4.99. The van der Waals surface area contributed by atoms with Crippen LogP contribution in [-0.2, 0) is 6.54 Å². The average molecular weight is 232 g/mol. The summed E-state index contributed by atoms with van der Waals surface area (Å²) in [4.78, 5) is 16.6. The monoisotopic (exact) mass is 232 g/mol. The molecule has 2 aromatic heterocycles. The van der Waals surface area contributed by atoms with E-state index < -0.39 is 0 Å². The second-order valence-electron chi connectivity index (χ2n) is 3.43. The number of aryl methyl sites for hydroxylation is 1. The standard InChI is InChI=1S/C12H12N2OS/c1-9-4-2-6-13-10(9)8-14-12(15)11-5-3-7-16-11/h2-7H,8H2,1H3,(H,14,15). The van der Waals surface area contributed by atoms with E-state index in [4.69, 9.17) is 0 Å². The van der Waals surface area contributed by atoms with Crippen LogP contribution in [-0.4, -0.2) is 10.9 Å². The van der Waals surface area contributed by atoms with Crippen LogP contribution in [0.5, 0.6) is 0 Å². The largest absolute Gasteiger partial charge is 0.346 e. The highest BCUT2D eigenvalue weighted by Gasteiger charge is 2.06. The topological polar surface area (TPSA) is 42.0 Å². The van der Waals surface area contributed by atoms with Crippen molar-refractivity contribution in [3.63, 3.8) is 0 Å². The van der Waals surface area contributed by atoms with Gasteiger partial charge in [0.25, 0.3) is 5.91 Å². The fourth-order valence-corrected chi connectivity index (χ4v) is 2.00. The maximum absolute atomic E-state index is 11.7. The zero-order valence-corrected chi connectivity index (χ0v) is 9.75. The lowest BCUT2D eigenvalue weighted by atomic mass is 10.2. The lowest BCUT2D eigenvalue weighted by molar-refractivity contribution is 0.0954. The van der Waals surface area contributed by atoms with Crippen molar-refractivity contribution in [1.82, 2.24) is 10.3 Å². The van der Waals surface area contributed by atoms with Crippen LogP contribution in [0.2, 0.25) is 0 Å². The highest BCUT2D eigenvalue weighted by molar-refractivity contribution is 7.12. The number of thiophene rings is 1. The molecule has 0 aliphatic rings. The summed E-state index contributed by atoms with van der Waals surface area (Å²) >= 11 is 1.44. The fourth-order valence-electron chi connectivity index (χ4n) is 1.36. The number of rotatable bonds is 3. The SMILES string of the molecule is Cc1cccnc1CNC(=O)c1cccs1. The first-order valence-corrected chi connectivity index (χ1v) is 5.87. The Labute approximate surface area is 98.2 Å². The summed E-state index contributed by atoms with van der Waals surface area (Å²) in [6.45, 7) is 2.46. The van der Waals surface area contributed by atoms with Crippen molar-refractivity contribution in [3.8, 4) is 0 Å². The average Bonchev–Trinajstić information content (AvgIpc) is 2.81. The van der Waals surface area contributed by atoms with E-state index in [1.165, 1.54) is 11.3 Å². The molecular formula is C12H12N2OS. The number of nitrogens with zero attached hydrogens (tertiary/aromatic N) is 1. The van der Waals surface area contributed by atoms with E-state index in [0.717, 1.165) is 16.1 Å². The Morgan fingerprint density at radius 2 is 2.31 bits per heavy atom. The van der Waals surface area contributed by atoms with Gasteiger partial charge in [-0.05, 0) is 30.0 Å². The quantitative estimate of drug-likeness (QED) is 0.882. The van der Waals surface area contributed by atoms with Crippen LogP contribution in [0.4, 0.5) is 0 Å². The zero-order chi connectivity index (χ0) is 11.4. The zero-order valence-electron chi connectivity index (χ0n) is 8.93. The molecule has 0 saturated carbocycles. The summed E-state index contributed by atoms with van der Waals surface area (Å²) in [6, 6.07) is 7.55. The Kier molecular flexibility index (Phi) is 3.31. The normalized spacial score (nSPS) is 10.1. The maximum Gasteiger partial charge on any atom is 0.261 e. The lowest BCUT2D eigenvalue weighted by Gasteiger charge is -2.05. The van der Waals surface area contributed by atoms with Crippen molar-refractivity contribution in [2.45, 2.75) is 13.5 Å². The number of carbonyl (C=O) groups excluding carboxylic acids is 1. The summed E-state index contributed by atoms with van der Waals surface area (Å²) in [7, 11) is 0. The Hall–Kier alpha value is -1.68. The Bertz CT molecular complexity index is 480. The predicted octanol–water partition coefficient (Wildman–Crippen LogP) is 2.38. The van der Waals surface area contributed by atoms with Crippen LogP contribution in [0.15, 0.2) is 35.8 Å². The number of carbonyl (C=O) groups is 1. The molecule has 0 aromatic carbocycles. The number of aromatic nitrogens is 1. The van der Waals surface area contributed by atoms with E-state index in [0.29, 0.717) is 6.54 Å². The van der Waals surface area contributed by atoms with Gasteiger partial charge in [0, 0.05) is 6.20 Å². The molecule has 16 heavy (non-hydrogen) atoms. The van der Waals surface area contributed by atoms with Crippen molar-refractivity contribution < 1.29 is 4.79 Å². The third-order valence-electron chi connectivity index (χ3n) is 2.28. The minimum Gasteiger partial charge on any atom is -0.346 e. The van der Waals surface area contributed by atoms with Gasteiger partial charge in [-0.1, -0.05) is 12.1 Å². The predicted molar refractivity (Wildman–Crippen MR) is 64.5 cm³/mol. The highest BCUT2D eigenvalue weighted by Crippen LogP contribution is 2.08. The summed E-state index contributed by atoms with van der Waals surface area (Å²) < 4.78 is 0. The van der Waals surface area contributed by atoms with Crippen molar-refractivity contribution in [1.29, 1.82) is 0 Å². The first kappa shape index (κ1) is 10.8. The molecule has 0 spiro atoms. The molecule has 0 aliphatic carbocycles. The second kappa shape index (κ2) is 4.90. The molecule has 2 rings (SSSR count). The minimum atomic E-state index is -0.0416. The molecule has 0 atom stereocenters. The van der Waals surface area contributed by atoms with Crippen LogP contribution >= 0.6 is 11.3 Å². The Morgan fingerprint density at radius 1 is 1.44 bits per heavy atom. The molecule has 1 N–H and O–H groups in total. The summed E-state index contributed by atoms with van der Waals surface area (Å²) in [6.07, 6.45) is 1.74. The number of amides is 1. The van der Waals surface area contributed by atoms with Gasteiger partial charge in [0.05, 0.1) is 17.1 Å². The van der Waals surface area contributed by atoms with E-state index in [1.54, 1.807) is 6.20 Å². The molecule has 82 valence electrons. The molecule has 2 heterocycles. The number of hydrogen-bond acceptors (Lipinski definition) is 3. The van der Waals surface area contributed by atoms with Crippen LogP contribution in [0, 0.1) is 6.92 Å². The van der Waals surface area contributed by atoms with Crippen LogP contribution in [0.1, 0.15) is 20.9 Å². The van der Waals surface area contributed by atoms with E-state index in [-0.39, 0.29) is 5.91 Å².